The molecule has 1 amide bonds. The molecule has 2 N–H and O–H groups in total. The van der Waals surface area contributed by atoms with Crippen molar-refractivity contribution in [2.75, 3.05) is 11.1 Å². The number of carbonyl (C=O) groups is 2. The summed E-state index contributed by atoms with van der Waals surface area (Å²) >= 11 is 7.40. The molecule has 8 heteroatoms. The van der Waals surface area contributed by atoms with Crippen LogP contribution in [0.3, 0.4) is 0 Å². The van der Waals surface area contributed by atoms with E-state index in [1.165, 1.54) is 11.8 Å². The number of aliphatic carboxylic acids is 1. The van der Waals surface area contributed by atoms with E-state index >= 15 is 0 Å². The molecule has 0 saturated heterocycles. The number of carbonyl (C=O) groups excluding carboxylic acids is 1. The zero-order valence-electron chi connectivity index (χ0n) is 12.7. The first-order chi connectivity index (χ1) is 10.9. The number of aryl methyl sites for hydroxylation is 1. The number of nitrogens with one attached hydrogen (secondary N) is 1. The molecule has 0 spiro atoms. The molecule has 0 unspecified atom stereocenters. The van der Waals surface area contributed by atoms with Gasteiger partial charge in [0.15, 0.2) is 5.69 Å². The molecule has 1 aromatic carbocycles. The summed E-state index contributed by atoms with van der Waals surface area (Å²) in [6, 6.07) is 7.24. The highest BCUT2D eigenvalue weighted by Crippen LogP contribution is 2.21. The molecule has 1 heterocycles. The molecule has 0 saturated carbocycles. The van der Waals surface area contributed by atoms with Crippen molar-refractivity contribution in [3.05, 3.63) is 46.2 Å². The summed E-state index contributed by atoms with van der Waals surface area (Å²) in [4.78, 5) is 22.8. The minimum absolute atomic E-state index is 0.0411. The van der Waals surface area contributed by atoms with Crippen LogP contribution >= 0.6 is 23.4 Å². The zero-order valence-corrected chi connectivity index (χ0v) is 14.2. The smallest absolute Gasteiger partial charge is 0.313 e. The highest BCUT2D eigenvalue weighted by Gasteiger charge is 2.18. The molecule has 122 valence electrons. The number of carboxylic acids is 1. The summed E-state index contributed by atoms with van der Waals surface area (Å²) in [7, 11) is 1.72. The van der Waals surface area contributed by atoms with Crippen molar-refractivity contribution < 1.29 is 14.7 Å². The SMILES string of the molecule is Cc1c(Cl)c(C(=O)Nc2cccc(CSCC(=O)O)c2)nn1C. The first kappa shape index (κ1) is 17.4. The summed E-state index contributed by atoms with van der Waals surface area (Å²) < 4.78 is 1.55. The quantitative estimate of drug-likeness (QED) is 0.834. The summed E-state index contributed by atoms with van der Waals surface area (Å²) in [5.74, 6) is -0.632. The van der Waals surface area contributed by atoms with Gasteiger partial charge in [0.1, 0.15) is 0 Å². The van der Waals surface area contributed by atoms with Gasteiger partial charge in [-0.1, -0.05) is 23.7 Å². The second-order valence-electron chi connectivity index (χ2n) is 4.91. The van der Waals surface area contributed by atoms with Crippen LogP contribution in [0.2, 0.25) is 5.02 Å². The standard InChI is InChI=1S/C15H16ClN3O3S/c1-9-13(16)14(18-19(9)2)15(22)17-11-5-3-4-10(6-11)7-23-8-12(20)21/h3-6H,7-8H2,1-2H3,(H,17,22)(H,20,21). The second kappa shape index (κ2) is 7.52. The number of halogens is 1. The molecular formula is C15H16ClN3O3S. The highest BCUT2D eigenvalue weighted by atomic mass is 35.5. The Hall–Kier alpha value is -1.99. The van der Waals surface area contributed by atoms with Crippen molar-refractivity contribution in [1.82, 2.24) is 9.78 Å². The lowest BCUT2D eigenvalue weighted by molar-refractivity contribution is -0.133. The third-order valence-electron chi connectivity index (χ3n) is 3.16. The van der Waals surface area contributed by atoms with E-state index in [1.54, 1.807) is 36.9 Å². The summed E-state index contributed by atoms with van der Waals surface area (Å²) in [6.07, 6.45) is 0. The first-order valence-electron chi connectivity index (χ1n) is 6.77. The maximum atomic E-state index is 12.3. The number of thioether (sulfide) groups is 1. The van der Waals surface area contributed by atoms with Crippen LogP contribution in [0.25, 0.3) is 0 Å². The molecule has 6 nitrogen and oxygen atoms in total. The minimum Gasteiger partial charge on any atom is -0.481 e. The monoisotopic (exact) mass is 353 g/mol. The van der Waals surface area contributed by atoms with E-state index in [2.05, 4.69) is 10.4 Å². The fraction of sp³-hybridized carbons (Fsp3) is 0.267. The van der Waals surface area contributed by atoms with Crippen LogP contribution in [0.4, 0.5) is 5.69 Å². The van der Waals surface area contributed by atoms with Crippen LogP contribution in [0.1, 0.15) is 21.7 Å². The van der Waals surface area contributed by atoms with E-state index in [1.807, 2.05) is 6.07 Å². The predicted molar refractivity (Wildman–Crippen MR) is 91.1 cm³/mol. The van der Waals surface area contributed by atoms with E-state index in [0.717, 1.165) is 11.3 Å². The summed E-state index contributed by atoms with van der Waals surface area (Å²) in [5, 5.41) is 15.8. The molecule has 1 aromatic heterocycles. The zero-order chi connectivity index (χ0) is 17.0. The Kier molecular flexibility index (Phi) is 5.68. The third kappa shape index (κ3) is 4.49. The van der Waals surface area contributed by atoms with Gasteiger partial charge in [-0.2, -0.15) is 5.10 Å². The Morgan fingerprint density at radius 2 is 2.17 bits per heavy atom. The molecule has 23 heavy (non-hydrogen) atoms. The predicted octanol–water partition coefficient (Wildman–Crippen LogP) is 2.95. The number of aromatic nitrogens is 2. The molecule has 0 atom stereocenters. The van der Waals surface area contributed by atoms with Gasteiger partial charge in [0.2, 0.25) is 0 Å². The molecule has 2 aromatic rings. The van der Waals surface area contributed by atoms with Crippen molar-refractivity contribution in [2.45, 2.75) is 12.7 Å². The maximum absolute atomic E-state index is 12.3. The number of nitrogens with zero attached hydrogens (tertiary/aromatic N) is 2. The molecule has 0 aliphatic heterocycles. The van der Waals surface area contributed by atoms with Crippen molar-refractivity contribution in [1.29, 1.82) is 0 Å². The molecular weight excluding hydrogens is 338 g/mol. The van der Waals surface area contributed by atoms with E-state index < -0.39 is 5.97 Å². The lowest BCUT2D eigenvalue weighted by Crippen LogP contribution is -2.13. The van der Waals surface area contributed by atoms with E-state index in [0.29, 0.717) is 16.5 Å². The number of hydrogen-bond donors (Lipinski definition) is 2. The molecule has 0 aliphatic rings. The summed E-state index contributed by atoms with van der Waals surface area (Å²) in [6.45, 7) is 1.78. The number of rotatable bonds is 6. The Morgan fingerprint density at radius 3 is 2.78 bits per heavy atom. The lowest BCUT2D eigenvalue weighted by atomic mass is 10.2. The largest absolute Gasteiger partial charge is 0.481 e. The van der Waals surface area contributed by atoms with Crippen molar-refractivity contribution in [2.24, 2.45) is 7.05 Å². The lowest BCUT2D eigenvalue weighted by Gasteiger charge is -2.06. The van der Waals surface area contributed by atoms with Crippen LogP contribution in [0.5, 0.6) is 0 Å². The molecule has 0 bridgehead atoms. The van der Waals surface area contributed by atoms with Gasteiger partial charge in [-0.15, -0.1) is 11.8 Å². The average Bonchev–Trinajstić information content (AvgIpc) is 2.75. The van der Waals surface area contributed by atoms with Gasteiger partial charge >= 0.3 is 5.97 Å². The molecule has 0 fully saturated rings. The number of amides is 1. The van der Waals surface area contributed by atoms with Gasteiger partial charge in [-0.05, 0) is 24.6 Å². The van der Waals surface area contributed by atoms with Crippen LogP contribution in [0.15, 0.2) is 24.3 Å². The average molecular weight is 354 g/mol. The van der Waals surface area contributed by atoms with E-state index in [9.17, 15) is 9.59 Å². The van der Waals surface area contributed by atoms with Crippen LogP contribution in [-0.4, -0.2) is 32.5 Å². The van der Waals surface area contributed by atoms with Crippen molar-refractivity contribution in [3.8, 4) is 0 Å². The van der Waals surface area contributed by atoms with Crippen LogP contribution in [-0.2, 0) is 17.6 Å². The first-order valence-corrected chi connectivity index (χ1v) is 8.30. The fourth-order valence-corrected chi connectivity index (χ4v) is 2.85. The Balaban J connectivity index is 2.06. The fourth-order valence-electron chi connectivity index (χ4n) is 1.91. The van der Waals surface area contributed by atoms with Gasteiger partial charge in [0, 0.05) is 18.5 Å². The molecule has 0 radical (unpaired) electrons. The van der Waals surface area contributed by atoms with E-state index in [-0.39, 0.29) is 17.4 Å². The Bertz CT molecular complexity index is 746. The Morgan fingerprint density at radius 1 is 1.43 bits per heavy atom. The van der Waals surface area contributed by atoms with Crippen LogP contribution in [0, 0.1) is 6.92 Å². The Labute approximate surface area is 142 Å². The summed E-state index contributed by atoms with van der Waals surface area (Å²) in [5.41, 5.74) is 2.44. The number of carboxylic acid groups (broad SMARTS) is 1. The maximum Gasteiger partial charge on any atom is 0.313 e. The highest BCUT2D eigenvalue weighted by molar-refractivity contribution is 7.99. The van der Waals surface area contributed by atoms with Gasteiger partial charge in [-0.25, -0.2) is 0 Å². The van der Waals surface area contributed by atoms with Gasteiger partial charge in [-0.3, -0.25) is 14.3 Å². The molecule has 0 aliphatic carbocycles. The minimum atomic E-state index is -0.848. The van der Waals surface area contributed by atoms with Crippen LogP contribution < -0.4 is 5.32 Å². The van der Waals surface area contributed by atoms with E-state index in [4.69, 9.17) is 16.7 Å². The number of hydrogen-bond acceptors (Lipinski definition) is 4. The van der Waals surface area contributed by atoms with Gasteiger partial charge in [0.05, 0.1) is 16.5 Å². The third-order valence-corrected chi connectivity index (χ3v) is 4.60. The normalized spacial score (nSPS) is 10.6. The van der Waals surface area contributed by atoms with Crippen molar-refractivity contribution >= 4 is 40.9 Å². The number of benzene rings is 1. The van der Waals surface area contributed by atoms with Gasteiger partial charge < -0.3 is 10.4 Å². The topological polar surface area (TPSA) is 84.2 Å². The van der Waals surface area contributed by atoms with Gasteiger partial charge in [0.25, 0.3) is 5.91 Å². The van der Waals surface area contributed by atoms with Crippen molar-refractivity contribution in [3.63, 3.8) is 0 Å². The number of anilines is 1. The second-order valence-corrected chi connectivity index (χ2v) is 6.28. The molecule has 2 rings (SSSR count).